The predicted octanol–water partition coefficient (Wildman–Crippen LogP) is 2.22. The highest BCUT2D eigenvalue weighted by Crippen LogP contribution is 2.27. The van der Waals surface area contributed by atoms with Crippen LogP contribution in [0.1, 0.15) is 25.8 Å². The fourth-order valence-electron chi connectivity index (χ4n) is 2.92. The van der Waals surface area contributed by atoms with Crippen molar-refractivity contribution in [3.8, 4) is 11.5 Å². The van der Waals surface area contributed by atoms with Crippen LogP contribution >= 0.6 is 0 Å². The lowest BCUT2D eigenvalue weighted by atomic mass is 10.1. The first-order valence-corrected chi connectivity index (χ1v) is 8.64. The summed E-state index contributed by atoms with van der Waals surface area (Å²) >= 11 is 0. The molecule has 0 bridgehead atoms. The van der Waals surface area contributed by atoms with Crippen LogP contribution in [0.5, 0.6) is 11.5 Å². The minimum Gasteiger partial charge on any atom is -0.504 e. The quantitative estimate of drug-likeness (QED) is 0.591. The Hall–Kier alpha value is -1.95. The highest BCUT2D eigenvalue weighted by atomic mass is 16.5. The second-order valence-corrected chi connectivity index (χ2v) is 5.96. The first kappa shape index (κ1) is 18.4. The standard InChI is InChI=1S/C18H29N3O3/c1-4-19-18(21-9-8-15(12-21)13-23-3)20-11-14-6-7-16(22)17(10-14)24-5-2/h6-7,10,15,22H,4-5,8-9,11-13H2,1-3H3,(H,19,20). The van der Waals surface area contributed by atoms with Crippen molar-refractivity contribution in [2.24, 2.45) is 10.9 Å². The summed E-state index contributed by atoms with van der Waals surface area (Å²) < 4.78 is 10.7. The van der Waals surface area contributed by atoms with E-state index in [-0.39, 0.29) is 5.75 Å². The maximum absolute atomic E-state index is 9.79. The van der Waals surface area contributed by atoms with E-state index in [0.29, 0.717) is 24.8 Å². The number of aliphatic imine (C=N–C) groups is 1. The molecular weight excluding hydrogens is 306 g/mol. The van der Waals surface area contributed by atoms with Gasteiger partial charge in [0, 0.05) is 32.7 Å². The molecule has 2 N–H and O–H groups in total. The van der Waals surface area contributed by atoms with Gasteiger partial charge in [-0.3, -0.25) is 0 Å². The summed E-state index contributed by atoms with van der Waals surface area (Å²) in [5.74, 6) is 2.18. The molecule has 0 saturated carbocycles. The van der Waals surface area contributed by atoms with Crippen LogP contribution < -0.4 is 10.1 Å². The van der Waals surface area contributed by atoms with Crippen molar-refractivity contribution < 1.29 is 14.6 Å². The highest BCUT2D eigenvalue weighted by molar-refractivity contribution is 5.80. The van der Waals surface area contributed by atoms with E-state index in [1.165, 1.54) is 0 Å². The van der Waals surface area contributed by atoms with Crippen molar-refractivity contribution in [2.75, 3.05) is 40.0 Å². The van der Waals surface area contributed by atoms with Crippen molar-refractivity contribution in [1.29, 1.82) is 0 Å². The molecule has 0 amide bonds. The summed E-state index contributed by atoms with van der Waals surface area (Å²) in [5.41, 5.74) is 1.01. The number of rotatable bonds is 7. The van der Waals surface area contributed by atoms with Crippen LogP contribution in [0.4, 0.5) is 0 Å². The number of phenolic OH excluding ortho intramolecular Hbond substituents is 1. The minimum atomic E-state index is 0.165. The number of likely N-dealkylation sites (tertiary alicyclic amines) is 1. The number of ether oxygens (including phenoxy) is 2. The molecule has 24 heavy (non-hydrogen) atoms. The van der Waals surface area contributed by atoms with Crippen molar-refractivity contribution >= 4 is 5.96 Å². The van der Waals surface area contributed by atoms with Gasteiger partial charge in [-0.1, -0.05) is 6.07 Å². The number of guanidine groups is 1. The Morgan fingerprint density at radius 3 is 2.96 bits per heavy atom. The molecule has 0 aromatic heterocycles. The van der Waals surface area contributed by atoms with Gasteiger partial charge in [0.15, 0.2) is 17.5 Å². The Bertz CT molecular complexity index is 548. The highest BCUT2D eigenvalue weighted by Gasteiger charge is 2.24. The van der Waals surface area contributed by atoms with Gasteiger partial charge in [0.25, 0.3) is 0 Å². The van der Waals surface area contributed by atoms with Gasteiger partial charge < -0.3 is 24.8 Å². The van der Waals surface area contributed by atoms with E-state index >= 15 is 0 Å². The van der Waals surface area contributed by atoms with Crippen LogP contribution in [0.25, 0.3) is 0 Å². The Morgan fingerprint density at radius 1 is 1.42 bits per heavy atom. The Balaban J connectivity index is 2.04. The van der Waals surface area contributed by atoms with Gasteiger partial charge in [0.1, 0.15) is 0 Å². The van der Waals surface area contributed by atoms with Gasteiger partial charge in [-0.2, -0.15) is 0 Å². The number of hydrogen-bond donors (Lipinski definition) is 2. The molecule has 1 aliphatic rings. The average molecular weight is 335 g/mol. The number of nitrogens with one attached hydrogen (secondary N) is 1. The average Bonchev–Trinajstić information content (AvgIpc) is 3.03. The maximum atomic E-state index is 9.79. The van der Waals surface area contributed by atoms with E-state index in [4.69, 9.17) is 14.5 Å². The molecule has 0 spiro atoms. The van der Waals surface area contributed by atoms with Crippen molar-refractivity contribution in [3.63, 3.8) is 0 Å². The lowest BCUT2D eigenvalue weighted by molar-refractivity contribution is 0.157. The van der Waals surface area contributed by atoms with E-state index in [1.54, 1.807) is 13.2 Å². The third-order valence-electron chi connectivity index (χ3n) is 4.06. The molecule has 1 fully saturated rings. The van der Waals surface area contributed by atoms with Gasteiger partial charge in [-0.15, -0.1) is 0 Å². The number of aromatic hydroxyl groups is 1. The first-order valence-electron chi connectivity index (χ1n) is 8.64. The molecule has 0 aliphatic carbocycles. The molecule has 2 rings (SSSR count). The fraction of sp³-hybridized carbons (Fsp3) is 0.611. The fourth-order valence-corrected chi connectivity index (χ4v) is 2.92. The maximum Gasteiger partial charge on any atom is 0.194 e. The molecule has 6 heteroatoms. The smallest absolute Gasteiger partial charge is 0.194 e. The van der Waals surface area contributed by atoms with Crippen LogP contribution in [-0.2, 0) is 11.3 Å². The van der Waals surface area contributed by atoms with E-state index in [2.05, 4.69) is 17.1 Å². The molecule has 134 valence electrons. The van der Waals surface area contributed by atoms with Crippen LogP contribution in [-0.4, -0.2) is 55.9 Å². The number of benzene rings is 1. The Kier molecular flexibility index (Phi) is 7.18. The van der Waals surface area contributed by atoms with E-state index < -0.39 is 0 Å². The zero-order chi connectivity index (χ0) is 17.4. The number of phenols is 1. The van der Waals surface area contributed by atoms with Crippen LogP contribution in [0.2, 0.25) is 0 Å². The lowest BCUT2D eigenvalue weighted by Gasteiger charge is -2.21. The summed E-state index contributed by atoms with van der Waals surface area (Å²) in [4.78, 5) is 7.03. The Labute approximate surface area is 144 Å². The molecule has 1 heterocycles. The summed E-state index contributed by atoms with van der Waals surface area (Å²) in [5, 5.41) is 13.1. The minimum absolute atomic E-state index is 0.165. The molecule has 1 atom stereocenters. The molecule has 0 radical (unpaired) electrons. The van der Waals surface area contributed by atoms with Gasteiger partial charge in [0.05, 0.1) is 19.8 Å². The monoisotopic (exact) mass is 335 g/mol. The first-order chi connectivity index (χ1) is 11.7. The molecule has 1 unspecified atom stereocenters. The number of methoxy groups -OCH3 is 1. The number of hydrogen-bond acceptors (Lipinski definition) is 4. The SMILES string of the molecule is CCNC(=NCc1ccc(O)c(OCC)c1)N1CCC(COC)C1. The molecule has 1 saturated heterocycles. The van der Waals surface area contributed by atoms with Crippen LogP contribution in [0.3, 0.4) is 0 Å². The molecule has 1 aromatic rings. The third kappa shape index (κ3) is 5.03. The van der Waals surface area contributed by atoms with Crippen molar-refractivity contribution in [2.45, 2.75) is 26.8 Å². The second kappa shape index (κ2) is 9.37. The van der Waals surface area contributed by atoms with Crippen molar-refractivity contribution in [1.82, 2.24) is 10.2 Å². The van der Waals surface area contributed by atoms with Gasteiger partial charge in [-0.25, -0.2) is 4.99 Å². The van der Waals surface area contributed by atoms with Gasteiger partial charge in [-0.05, 0) is 38.0 Å². The molecule has 1 aliphatic heterocycles. The summed E-state index contributed by atoms with van der Waals surface area (Å²) in [6.45, 7) is 8.66. The number of nitrogens with zero attached hydrogens (tertiary/aromatic N) is 2. The zero-order valence-corrected chi connectivity index (χ0v) is 14.9. The van der Waals surface area contributed by atoms with Crippen LogP contribution in [0, 0.1) is 5.92 Å². The summed E-state index contributed by atoms with van der Waals surface area (Å²) in [6.07, 6.45) is 1.13. The van der Waals surface area contributed by atoms with Gasteiger partial charge >= 0.3 is 0 Å². The van der Waals surface area contributed by atoms with Crippen LogP contribution in [0.15, 0.2) is 23.2 Å². The van der Waals surface area contributed by atoms with Gasteiger partial charge in [0.2, 0.25) is 0 Å². The second-order valence-electron chi connectivity index (χ2n) is 5.96. The topological polar surface area (TPSA) is 66.3 Å². The predicted molar refractivity (Wildman–Crippen MR) is 95.6 cm³/mol. The molecule has 6 nitrogen and oxygen atoms in total. The third-order valence-corrected chi connectivity index (χ3v) is 4.06. The summed E-state index contributed by atoms with van der Waals surface area (Å²) in [7, 11) is 1.75. The molecular formula is C18H29N3O3. The lowest BCUT2D eigenvalue weighted by Crippen LogP contribution is -2.40. The van der Waals surface area contributed by atoms with E-state index in [9.17, 15) is 5.11 Å². The zero-order valence-electron chi connectivity index (χ0n) is 14.9. The van der Waals surface area contributed by atoms with E-state index in [0.717, 1.165) is 44.2 Å². The normalized spacial score (nSPS) is 18.0. The van der Waals surface area contributed by atoms with E-state index in [1.807, 2.05) is 19.1 Å². The summed E-state index contributed by atoms with van der Waals surface area (Å²) in [6, 6.07) is 5.39. The largest absolute Gasteiger partial charge is 0.504 e. The molecule has 1 aromatic carbocycles. The van der Waals surface area contributed by atoms with Crippen molar-refractivity contribution in [3.05, 3.63) is 23.8 Å². The Morgan fingerprint density at radius 2 is 2.25 bits per heavy atom.